The molecule has 1 heterocycles. The maximum Gasteiger partial charge on any atom is 0.0992 e. The first kappa shape index (κ1) is 14.2. The fourth-order valence-electron chi connectivity index (χ4n) is 2.83. The van der Waals surface area contributed by atoms with Crippen molar-refractivity contribution in [3.05, 3.63) is 28.8 Å². The van der Waals surface area contributed by atoms with Crippen LogP contribution in [-0.2, 0) is 0 Å². The number of rotatable bonds is 4. The van der Waals surface area contributed by atoms with E-state index in [4.69, 9.17) is 16.9 Å². The zero-order valence-corrected chi connectivity index (χ0v) is 12.3. The number of anilines is 1. The van der Waals surface area contributed by atoms with E-state index < -0.39 is 0 Å². The van der Waals surface area contributed by atoms with Crippen molar-refractivity contribution in [2.45, 2.75) is 26.3 Å². The molecule has 1 aromatic rings. The SMILES string of the molecule is CCN(CC)C1CCN(c2ccc(C#N)cc2Cl)C1. The van der Waals surface area contributed by atoms with Crippen LogP contribution >= 0.6 is 11.6 Å². The highest BCUT2D eigenvalue weighted by atomic mass is 35.5. The van der Waals surface area contributed by atoms with E-state index in [1.807, 2.05) is 12.1 Å². The van der Waals surface area contributed by atoms with Gasteiger partial charge in [-0.25, -0.2) is 0 Å². The van der Waals surface area contributed by atoms with E-state index in [2.05, 4.69) is 29.7 Å². The van der Waals surface area contributed by atoms with E-state index in [1.54, 1.807) is 6.07 Å². The monoisotopic (exact) mass is 277 g/mol. The molecule has 0 saturated carbocycles. The Morgan fingerprint density at radius 3 is 2.74 bits per heavy atom. The lowest BCUT2D eigenvalue weighted by molar-refractivity contribution is 0.232. The number of nitriles is 1. The summed E-state index contributed by atoms with van der Waals surface area (Å²) < 4.78 is 0. The van der Waals surface area contributed by atoms with E-state index >= 15 is 0 Å². The molecule has 0 amide bonds. The molecule has 0 bridgehead atoms. The Morgan fingerprint density at radius 1 is 1.42 bits per heavy atom. The fraction of sp³-hybridized carbons (Fsp3) is 0.533. The second kappa shape index (κ2) is 6.27. The summed E-state index contributed by atoms with van der Waals surface area (Å²) >= 11 is 6.28. The minimum atomic E-state index is 0.613. The third-order valence-electron chi connectivity index (χ3n) is 3.91. The van der Waals surface area contributed by atoms with E-state index in [0.29, 0.717) is 16.6 Å². The van der Waals surface area contributed by atoms with Gasteiger partial charge in [-0.1, -0.05) is 25.4 Å². The van der Waals surface area contributed by atoms with Crippen LogP contribution in [0.1, 0.15) is 25.8 Å². The summed E-state index contributed by atoms with van der Waals surface area (Å²) in [6.07, 6.45) is 1.18. The number of nitrogens with zero attached hydrogens (tertiary/aromatic N) is 3. The maximum atomic E-state index is 8.87. The molecule has 1 aliphatic heterocycles. The van der Waals surface area contributed by atoms with Crippen molar-refractivity contribution in [1.29, 1.82) is 5.26 Å². The number of likely N-dealkylation sites (N-methyl/N-ethyl adjacent to an activating group) is 1. The molecule has 19 heavy (non-hydrogen) atoms. The van der Waals surface area contributed by atoms with Crippen molar-refractivity contribution in [3.63, 3.8) is 0 Å². The summed E-state index contributed by atoms with van der Waals surface area (Å²) in [4.78, 5) is 4.82. The van der Waals surface area contributed by atoms with E-state index in [-0.39, 0.29) is 0 Å². The van der Waals surface area contributed by atoms with Crippen molar-refractivity contribution >= 4 is 17.3 Å². The second-order valence-corrected chi connectivity index (χ2v) is 5.29. The predicted octanol–water partition coefficient (Wildman–Crippen LogP) is 3.13. The molecule has 1 aromatic carbocycles. The van der Waals surface area contributed by atoms with Gasteiger partial charge in [-0.3, -0.25) is 4.90 Å². The van der Waals surface area contributed by atoms with Crippen molar-refractivity contribution in [2.75, 3.05) is 31.1 Å². The number of hydrogen-bond acceptors (Lipinski definition) is 3. The average molecular weight is 278 g/mol. The zero-order valence-electron chi connectivity index (χ0n) is 11.6. The molecular weight excluding hydrogens is 258 g/mol. The van der Waals surface area contributed by atoms with Gasteiger partial charge in [0.1, 0.15) is 0 Å². The molecule has 102 valence electrons. The predicted molar refractivity (Wildman–Crippen MR) is 79.7 cm³/mol. The van der Waals surface area contributed by atoms with Gasteiger partial charge in [-0.15, -0.1) is 0 Å². The molecule has 1 aliphatic rings. The summed E-state index contributed by atoms with van der Waals surface area (Å²) in [5.74, 6) is 0. The van der Waals surface area contributed by atoms with Gasteiger partial charge in [-0.2, -0.15) is 5.26 Å². The van der Waals surface area contributed by atoms with Crippen LogP contribution in [0.5, 0.6) is 0 Å². The van der Waals surface area contributed by atoms with Crippen LogP contribution in [0, 0.1) is 11.3 Å². The molecule has 0 spiro atoms. The molecule has 0 radical (unpaired) electrons. The Labute approximate surface area is 120 Å². The smallest absolute Gasteiger partial charge is 0.0992 e. The molecule has 2 rings (SSSR count). The molecule has 1 atom stereocenters. The summed E-state index contributed by atoms with van der Waals surface area (Å²) in [5, 5.41) is 9.55. The summed E-state index contributed by atoms with van der Waals surface area (Å²) in [7, 11) is 0. The molecule has 0 aliphatic carbocycles. The van der Waals surface area contributed by atoms with Gasteiger partial charge in [0.15, 0.2) is 0 Å². The third kappa shape index (κ3) is 3.02. The first-order valence-electron chi connectivity index (χ1n) is 6.88. The lowest BCUT2D eigenvalue weighted by Gasteiger charge is -2.27. The number of benzene rings is 1. The molecule has 3 nitrogen and oxygen atoms in total. The Balaban J connectivity index is 2.11. The lowest BCUT2D eigenvalue weighted by Crippen LogP contribution is -2.37. The van der Waals surface area contributed by atoms with Crippen LogP contribution in [0.3, 0.4) is 0 Å². The Kier molecular flexibility index (Phi) is 4.68. The Bertz CT molecular complexity index is 477. The van der Waals surface area contributed by atoms with Crippen molar-refractivity contribution in [2.24, 2.45) is 0 Å². The van der Waals surface area contributed by atoms with E-state index in [0.717, 1.165) is 31.9 Å². The first-order valence-corrected chi connectivity index (χ1v) is 7.26. The van der Waals surface area contributed by atoms with Gasteiger partial charge in [0, 0.05) is 19.1 Å². The van der Waals surface area contributed by atoms with Crippen LogP contribution in [0.2, 0.25) is 5.02 Å². The Morgan fingerprint density at radius 2 is 2.16 bits per heavy atom. The molecular formula is C15H20ClN3. The van der Waals surface area contributed by atoms with Crippen molar-refractivity contribution < 1.29 is 0 Å². The Hall–Kier alpha value is -1.24. The lowest BCUT2D eigenvalue weighted by atomic mass is 10.2. The van der Waals surface area contributed by atoms with Gasteiger partial charge in [-0.05, 0) is 37.7 Å². The second-order valence-electron chi connectivity index (χ2n) is 4.89. The van der Waals surface area contributed by atoms with Crippen molar-refractivity contribution in [3.8, 4) is 6.07 Å². The average Bonchev–Trinajstić information content (AvgIpc) is 2.89. The minimum absolute atomic E-state index is 0.613. The third-order valence-corrected chi connectivity index (χ3v) is 4.21. The number of hydrogen-bond donors (Lipinski definition) is 0. The molecule has 1 saturated heterocycles. The molecule has 0 N–H and O–H groups in total. The first-order chi connectivity index (χ1) is 9.19. The summed E-state index contributed by atoms with van der Waals surface area (Å²) in [6.45, 7) is 8.66. The molecule has 1 fully saturated rings. The highest BCUT2D eigenvalue weighted by Crippen LogP contribution is 2.30. The quantitative estimate of drug-likeness (QED) is 0.847. The highest BCUT2D eigenvalue weighted by Gasteiger charge is 2.27. The standard InChI is InChI=1S/C15H20ClN3/c1-3-18(4-2)13-7-8-19(11-13)15-6-5-12(10-17)9-14(15)16/h5-6,9,13H,3-4,7-8,11H2,1-2H3. The number of halogens is 1. The van der Waals surface area contributed by atoms with Crippen LogP contribution in [0.25, 0.3) is 0 Å². The maximum absolute atomic E-state index is 8.87. The zero-order chi connectivity index (χ0) is 13.8. The fourth-order valence-corrected chi connectivity index (χ4v) is 3.13. The van der Waals surface area contributed by atoms with Crippen LogP contribution < -0.4 is 4.90 Å². The largest absolute Gasteiger partial charge is 0.369 e. The van der Waals surface area contributed by atoms with E-state index in [1.165, 1.54) is 6.42 Å². The summed E-state index contributed by atoms with van der Waals surface area (Å²) in [5.41, 5.74) is 1.67. The van der Waals surface area contributed by atoms with Crippen molar-refractivity contribution in [1.82, 2.24) is 4.90 Å². The van der Waals surface area contributed by atoms with Gasteiger partial charge in [0.2, 0.25) is 0 Å². The minimum Gasteiger partial charge on any atom is -0.369 e. The van der Waals surface area contributed by atoms with Gasteiger partial charge in [0.25, 0.3) is 0 Å². The highest BCUT2D eigenvalue weighted by molar-refractivity contribution is 6.33. The molecule has 1 unspecified atom stereocenters. The normalized spacial score (nSPS) is 18.9. The van der Waals surface area contributed by atoms with Crippen LogP contribution in [0.15, 0.2) is 18.2 Å². The van der Waals surface area contributed by atoms with Crippen LogP contribution in [0.4, 0.5) is 5.69 Å². The summed E-state index contributed by atoms with van der Waals surface area (Å²) in [6, 6.07) is 8.29. The van der Waals surface area contributed by atoms with Gasteiger partial charge >= 0.3 is 0 Å². The molecule has 0 aromatic heterocycles. The van der Waals surface area contributed by atoms with Gasteiger partial charge < -0.3 is 4.90 Å². The van der Waals surface area contributed by atoms with Gasteiger partial charge in [0.05, 0.1) is 22.3 Å². The topological polar surface area (TPSA) is 30.3 Å². The molecule has 4 heteroatoms. The van der Waals surface area contributed by atoms with E-state index in [9.17, 15) is 0 Å². The van der Waals surface area contributed by atoms with Crippen LogP contribution in [-0.4, -0.2) is 37.1 Å².